The number of carbonyl (C=O) groups excluding carboxylic acids is 1. The normalized spacial score (nSPS) is 10.3. The van der Waals surface area contributed by atoms with E-state index in [9.17, 15) is 4.79 Å². The van der Waals surface area contributed by atoms with E-state index in [0.29, 0.717) is 30.4 Å². The second-order valence-electron chi connectivity index (χ2n) is 5.10. The van der Waals surface area contributed by atoms with Gasteiger partial charge >= 0.3 is 0 Å². The molecule has 2 aromatic heterocycles. The third-order valence-electron chi connectivity index (χ3n) is 3.11. The Morgan fingerprint density at radius 2 is 2.17 bits per heavy atom. The highest BCUT2D eigenvalue weighted by atomic mass is 16.5. The summed E-state index contributed by atoms with van der Waals surface area (Å²) in [5.41, 5.74) is 1.36. The maximum atomic E-state index is 12.1. The van der Waals surface area contributed by atoms with Gasteiger partial charge in [-0.2, -0.15) is 5.10 Å². The smallest absolute Gasteiger partial charge is 0.258 e. The van der Waals surface area contributed by atoms with Crippen molar-refractivity contribution in [1.29, 1.82) is 0 Å². The first-order valence-corrected chi connectivity index (χ1v) is 7.11. The van der Waals surface area contributed by atoms with Crippen LogP contribution in [0.1, 0.15) is 10.4 Å². The highest BCUT2D eigenvalue weighted by Gasteiger charge is 2.15. The van der Waals surface area contributed by atoms with Crippen LogP contribution in [0.4, 0.5) is 11.5 Å². The van der Waals surface area contributed by atoms with E-state index in [4.69, 9.17) is 4.74 Å². The van der Waals surface area contributed by atoms with E-state index in [2.05, 4.69) is 25.9 Å². The van der Waals surface area contributed by atoms with Gasteiger partial charge in [0, 0.05) is 46.5 Å². The van der Waals surface area contributed by atoms with Crippen molar-refractivity contribution in [3.05, 3.63) is 24.0 Å². The minimum Gasteiger partial charge on any atom is -0.479 e. The molecule has 2 rings (SSSR count). The lowest BCUT2D eigenvalue weighted by Crippen LogP contribution is -2.29. The first-order valence-electron chi connectivity index (χ1n) is 7.11. The summed E-state index contributed by atoms with van der Waals surface area (Å²) in [5.74, 6) is 0.733. The van der Waals surface area contributed by atoms with E-state index in [1.807, 2.05) is 25.1 Å². The molecule has 0 saturated carbocycles. The van der Waals surface area contributed by atoms with Crippen molar-refractivity contribution < 1.29 is 9.53 Å². The highest BCUT2D eigenvalue weighted by Crippen LogP contribution is 2.14. The lowest BCUT2D eigenvalue weighted by molar-refractivity contribution is 0.0952. The number of rotatable bonds is 7. The van der Waals surface area contributed by atoms with Crippen LogP contribution in [-0.4, -0.2) is 60.2 Å². The number of amides is 1. The van der Waals surface area contributed by atoms with Crippen LogP contribution >= 0.6 is 0 Å². The molecule has 0 aliphatic heterocycles. The van der Waals surface area contributed by atoms with E-state index in [0.717, 1.165) is 5.69 Å². The number of aryl methyl sites for hydroxylation is 1. The van der Waals surface area contributed by atoms with Gasteiger partial charge in [0.1, 0.15) is 5.56 Å². The zero-order chi connectivity index (χ0) is 16.8. The van der Waals surface area contributed by atoms with Gasteiger partial charge in [0.05, 0.1) is 19.0 Å². The second-order valence-corrected chi connectivity index (χ2v) is 5.10. The molecule has 2 heterocycles. The van der Waals surface area contributed by atoms with Gasteiger partial charge < -0.3 is 20.3 Å². The molecule has 0 aliphatic carbocycles. The number of ether oxygens (including phenoxy) is 1. The number of methoxy groups -OCH3 is 1. The summed E-state index contributed by atoms with van der Waals surface area (Å²) < 4.78 is 6.60. The predicted molar refractivity (Wildman–Crippen MR) is 86.9 cm³/mol. The Bertz CT molecular complexity index is 669. The van der Waals surface area contributed by atoms with Gasteiger partial charge in [-0.1, -0.05) is 0 Å². The molecule has 0 atom stereocenters. The van der Waals surface area contributed by atoms with Crippen LogP contribution < -0.4 is 20.3 Å². The molecular formula is C14H21N7O2. The number of nitrogens with zero attached hydrogens (tertiary/aromatic N) is 5. The number of hydrogen-bond donors (Lipinski definition) is 2. The quantitative estimate of drug-likeness (QED) is 0.700. The van der Waals surface area contributed by atoms with Gasteiger partial charge in [-0.25, -0.2) is 0 Å². The lowest BCUT2D eigenvalue weighted by Gasteiger charge is -2.13. The van der Waals surface area contributed by atoms with Crippen LogP contribution in [0, 0.1) is 0 Å². The average Bonchev–Trinajstić information content (AvgIpc) is 2.92. The zero-order valence-corrected chi connectivity index (χ0v) is 13.7. The zero-order valence-electron chi connectivity index (χ0n) is 13.7. The average molecular weight is 319 g/mol. The summed E-state index contributed by atoms with van der Waals surface area (Å²) >= 11 is 0. The second kappa shape index (κ2) is 7.43. The fourth-order valence-corrected chi connectivity index (χ4v) is 1.92. The predicted octanol–water partition coefficient (Wildman–Crippen LogP) is 0.127. The highest BCUT2D eigenvalue weighted by molar-refractivity contribution is 5.96. The maximum absolute atomic E-state index is 12.1. The van der Waals surface area contributed by atoms with E-state index in [1.54, 1.807) is 19.4 Å². The first-order chi connectivity index (χ1) is 11.0. The van der Waals surface area contributed by atoms with Gasteiger partial charge in [-0.05, 0) is 0 Å². The van der Waals surface area contributed by atoms with Crippen molar-refractivity contribution >= 4 is 17.4 Å². The molecule has 0 aliphatic rings. The van der Waals surface area contributed by atoms with Crippen LogP contribution in [0.25, 0.3) is 0 Å². The Balaban J connectivity index is 1.83. The standard InChI is InChI=1S/C14H21N7O2/c1-20(2)10-7-12(18-17-8-10)15-5-6-16-13(22)11-9-21(3)19-14(11)23-4/h7-9H,5-6H2,1-4H3,(H,15,18)(H,16,22). The van der Waals surface area contributed by atoms with Crippen LogP contribution in [0.2, 0.25) is 0 Å². The van der Waals surface area contributed by atoms with Gasteiger partial charge in [0.2, 0.25) is 5.88 Å². The Kier molecular flexibility index (Phi) is 5.34. The molecule has 0 spiro atoms. The SMILES string of the molecule is COc1nn(C)cc1C(=O)NCCNc1cc(N(C)C)cnn1. The van der Waals surface area contributed by atoms with Gasteiger partial charge in [-0.15, -0.1) is 10.2 Å². The van der Waals surface area contributed by atoms with Crippen molar-refractivity contribution in [2.24, 2.45) is 7.05 Å². The van der Waals surface area contributed by atoms with Crippen molar-refractivity contribution in [2.75, 3.05) is 44.5 Å². The van der Waals surface area contributed by atoms with Gasteiger partial charge in [0.25, 0.3) is 5.91 Å². The van der Waals surface area contributed by atoms with E-state index in [-0.39, 0.29) is 5.91 Å². The van der Waals surface area contributed by atoms with E-state index < -0.39 is 0 Å². The summed E-state index contributed by atoms with van der Waals surface area (Å²) in [6.07, 6.45) is 3.30. The minimum atomic E-state index is -0.232. The Labute approximate surface area is 134 Å². The van der Waals surface area contributed by atoms with E-state index in [1.165, 1.54) is 11.8 Å². The molecule has 0 aromatic carbocycles. The third kappa shape index (κ3) is 4.31. The molecule has 0 radical (unpaired) electrons. The number of aromatic nitrogens is 4. The van der Waals surface area contributed by atoms with Crippen LogP contribution in [0.3, 0.4) is 0 Å². The lowest BCUT2D eigenvalue weighted by atomic mass is 10.3. The summed E-state index contributed by atoms with van der Waals surface area (Å²) in [5, 5.41) is 17.9. The molecule has 9 nitrogen and oxygen atoms in total. The van der Waals surface area contributed by atoms with Crippen molar-refractivity contribution in [3.8, 4) is 5.88 Å². The van der Waals surface area contributed by atoms with E-state index >= 15 is 0 Å². The molecule has 0 unspecified atom stereocenters. The van der Waals surface area contributed by atoms with Crippen molar-refractivity contribution in [2.45, 2.75) is 0 Å². The van der Waals surface area contributed by atoms with Crippen LogP contribution in [0.5, 0.6) is 5.88 Å². The molecule has 0 bridgehead atoms. The number of nitrogens with one attached hydrogen (secondary N) is 2. The van der Waals surface area contributed by atoms with Crippen molar-refractivity contribution in [1.82, 2.24) is 25.3 Å². The fraction of sp³-hybridized carbons (Fsp3) is 0.429. The molecule has 9 heteroatoms. The molecule has 1 amide bonds. The number of carbonyl (C=O) groups is 1. The summed E-state index contributed by atoms with van der Waals surface area (Å²) in [6, 6.07) is 1.89. The monoisotopic (exact) mass is 319 g/mol. The van der Waals surface area contributed by atoms with Crippen LogP contribution in [0.15, 0.2) is 18.5 Å². The molecular weight excluding hydrogens is 298 g/mol. The Morgan fingerprint density at radius 3 is 2.87 bits per heavy atom. The largest absolute Gasteiger partial charge is 0.479 e. The van der Waals surface area contributed by atoms with Crippen molar-refractivity contribution in [3.63, 3.8) is 0 Å². The molecule has 2 N–H and O–H groups in total. The fourth-order valence-electron chi connectivity index (χ4n) is 1.92. The molecule has 23 heavy (non-hydrogen) atoms. The Hall–Kier alpha value is -2.84. The molecule has 2 aromatic rings. The molecule has 0 saturated heterocycles. The summed E-state index contributed by atoms with van der Waals surface area (Å²) in [6.45, 7) is 0.963. The Morgan fingerprint density at radius 1 is 1.39 bits per heavy atom. The first kappa shape index (κ1) is 16.5. The van der Waals surface area contributed by atoms with Gasteiger partial charge in [-0.3, -0.25) is 9.48 Å². The maximum Gasteiger partial charge on any atom is 0.258 e. The minimum absolute atomic E-state index is 0.232. The number of anilines is 2. The third-order valence-corrected chi connectivity index (χ3v) is 3.11. The molecule has 0 fully saturated rings. The van der Waals surface area contributed by atoms with Gasteiger partial charge in [0.15, 0.2) is 5.82 Å². The van der Waals surface area contributed by atoms with Crippen LogP contribution in [-0.2, 0) is 7.05 Å². The topological polar surface area (TPSA) is 97.2 Å². The summed E-state index contributed by atoms with van der Waals surface area (Å²) in [4.78, 5) is 14.0. The molecule has 124 valence electrons. The number of hydrogen-bond acceptors (Lipinski definition) is 7. The summed E-state index contributed by atoms with van der Waals surface area (Å²) in [7, 11) is 7.08.